The van der Waals surface area contributed by atoms with E-state index in [0.717, 1.165) is 19.2 Å². The number of hydrogen-bond donors (Lipinski definition) is 2. The molecular weight excluding hydrogens is 289 g/mol. The number of halogens is 1. The Hall–Kier alpha value is -1.57. The number of nitrogens with zero attached hydrogens (tertiary/aromatic N) is 2. The number of hydrogen-bond acceptors (Lipinski definition) is 5. The smallest absolute Gasteiger partial charge is 0.269 e. The molecule has 2 rings (SSSR count). The molecule has 6 nitrogen and oxygen atoms in total. The van der Waals surface area contributed by atoms with Gasteiger partial charge in [-0.2, -0.15) is 0 Å². The summed E-state index contributed by atoms with van der Waals surface area (Å²) in [6, 6.07) is 3.18. The van der Waals surface area contributed by atoms with Gasteiger partial charge in [-0.1, -0.05) is 13.8 Å². The van der Waals surface area contributed by atoms with E-state index >= 15 is 0 Å². The maximum atomic E-state index is 14.4. The molecule has 122 valence electrons. The maximum Gasteiger partial charge on any atom is 0.269 e. The van der Waals surface area contributed by atoms with Crippen LogP contribution in [0.2, 0.25) is 0 Å². The summed E-state index contributed by atoms with van der Waals surface area (Å²) in [5.74, 6) is -0.476. The minimum Gasteiger partial charge on any atom is -0.396 e. The molecule has 0 bridgehead atoms. The number of rotatable bonds is 5. The van der Waals surface area contributed by atoms with Gasteiger partial charge in [0.2, 0.25) is 0 Å². The number of nitrogens with one attached hydrogen (secondary N) is 1. The van der Waals surface area contributed by atoms with E-state index in [1.54, 1.807) is 0 Å². The van der Waals surface area contributed by atoms with Crippen LogP contribution in [0.3, 0.4) is 0 Å². The van der Waals surface area contributed by atoms with E-state index < -0.39 is 22.2 Å². The van der Waals surface area contributed by atoms with Crippen molar-refractivity contribution in [3.63, 3.8) is 0 Å². The third kappa shape index (κ3) is 3.43. The lowest BCUT2D eigenvalue weighted by atomic mass is 9.79. The van der Waals surface area contributed by atoms with Gasteiger partial charge in [-0.25, -0.2) is 4.39 Å². The van der Waals surface area contributed by atoms with Crippen LogP contribution in [-0.4, -0.2) is 47.7 Å². The van der Waals surface area contributed by atoms with Gasteiger partial charge in [0.1, 0.15) is 5.82 Å². The Labute approximate surface area is 129 Å². The highest BCUT2D eigenvalue weighted by Crippen LogP contribution is 2.40. The van der Waals surface area contributed by atoms with Crippen LogP contribution < -0.4 is 5.32 Å². The lowest BCUT2D eigenvalue weighted by molar-refractivity contribution is -0.385. The Kier molecular flexibility index (Phi) is 5.10. The molecule has 1 aliphatic heterocycles. The van der Waals surface area contributed by atoms with Crippen LogP contribution in [0.1, 0.15) is 25.5 Å². The molecule has 0 aromatic heterocycles. The van der Waals surface area contributed by atoms with Crippen molar-refractivity contribution in [3.8, 4) is 0 Å². The maximum absolute atomic E-state index is 14.4. The summed E-state index contributed by atoms with van der Waals surface area (Å²) in [7, 11) is 0. The van der Waals surface area contributed by atoms with Crippen molar-refractivity contribution in [1.29, 1.82) is 0 Å². The Morgan fingerprint density at radius 2 is 2.09 bits per heavy atom. The molecule has 1 aliphatic rings. The summed E-state index contributed by atoms with van der Waals surface area (Å²) in [5, 5.41) is 23.9. The molecule has 0 unspecified atom stereocenters. The minimum atomic E-state index is -0.618. The molecule has 0 radical (unpaired) electrons. The zero-order valence-corrected chi connectivity index (χ0v) is 12.9. The average molecular weight is 311 g/mol. The van der Waals surface area contributed by atoms with Crippen LogP contribution >= 0.6 is 0 Å². The molecule has 2 N–H and O–H groups in total. The second kappa shape index (κ2) is 6.68. The molecular formula is C15H22FN3O3. The lowest BCUT2D eigenvalue weighted by Crippen LogP contribution is -2.49. The van der Waals surface area contributed by atoms with Crippen LogP contribution in [0.15, 0.2) is 18.2 Å². The standard InChI is InChI=1S/C15H22FN3O3/c1-15(2,10-20)14(18-7-5-17-6-8-18)12-9-11(19(21)22)3-4-13(12)16/h3-4,9,14,17,20H,5-8,10H2,1-2H3/t14-/m0/s1. The van der Waals surface area contributed by atoms with Crippen LogP contribution in [0.25, 0.3) is 0 Å². The minimum absolute atomic E-state index is 0.134. The Morgan fingerprint density at radius 1 is 1.45 bits per heavy atom. The van der Waals surface area contributed by atoms with Gasteiger partial charge in [0.25, 0.3) is 5.69 Å². The zero-order valence-electron chi connectivity index (χ0n) is 12.9. The van der Waals surface area contributed by atoms with E-state index in [1.165, 1.54) is 12.1 Å². The molecule has 7 heteroatoms. The van der Waals surface area contributed by atoms with Crippen LogP contribution in [0.5, 0.6) is 0 Å². The topological polar surface area (TPSA) is 78.6 Å². The summed E-state index contributed by atoms with van der Waals surface area (Å²) in [6.07, 6.45) is 0. The number of benzene rings is 1. The predicted octanol–water partition coefficient (Wildman–Crippen LogP) is 1.70. The number of aliphatic hydroxyl groups excluding tert-OH is 1. The monoisotopic (exact) mass is 311 g/mol. The summed E-state index contributed by atoms with van der Waals surface area (Å²) >= 11 is 0. The molecule has 1 atom stereocenters. The number of piperazine rings is 1. The molecule has 22 heavy (non-hydrogen) atoms. The lowest BCUT2D eigenvalue weighted by Gasteiger charge is -2.43. The van der Waals surface area contributed by atoms with Crippen molar-refractivity contribution in [3.05, 3.63) is 39.7 Å². The van der Waals surface area contributed by atoms with Gasteiger partial charge >= 0.3 is 0 Å². The molecule has 0 amide bonds. The summed E-state index contributed by atoms with van der Waals surface area (Å²) in [5.41, 5.74) is -0.478. The molecule has 1 fully saturated rings. The highest BCUT2D eigenvalue weighted by Gasteiger charge is 2.37. The fourth-order valence-corrected chi connectivity index (χ4v) is 2.99. The first-order chi connectivity index (χ1) is 10.4. The van der Waals surface area contributed by atoms with Gasteiger partial charge in [-0.3, -0.25) is 15.0 Å². The quantitative estimate of drug-likeness (QED) is 0.639. The fourth-order valence-electron chi connectivity index (χ4n) is 2.99. The molecule has 1 heterocycles. The van der Waals surface area contributed by atoms with E-state index in [0.29, 0.717) is 13.1 Å². The first-order valence-electron chi connectivity index (χ1n) is 7.36. The van der Waals surface area contributed by atoms with Gasteiger partial charge in [-0.15, -0.1) is 0 Å². The molecule has 1 aromatic rings. The molecule has 0 spiro atoms. The van der Waals surface area contributed by atoms with Crippen molar-refractivity contribution in [2.75, 3.05) is 32.8 Å². The van der Waals surface area contributed by atoms with Gasteiger partial charge in [0.15, 0.2) is 0 Å². The number of non-ortho nitro benzene ring substituents is 1. The highest BCUT2D eigenvalue weighted by atomic mass is 19.1. The van der Waals surface area contributed by atoms with Crippen LogP contribution in [0.4, 0.5) is 10.1 Å². The van der Waals surface area contributed by atoms with Gasteiger partial charge < -0.3 is 10.4 Å². The fraction of sp³-hybridized carbons (Fsp3) is 0.600. The summed E-state index contributed by atoms with van der Waals surface area (Å²) in [6.45, 7) is 6.51. The molecule has 1 saturated heterocycles. The van der Waals surface area contributed by atoms with E-state index in [4.69, 9.17) is 0 Å². The molecule has 0 saturated carbocycles. The zero-order chi connectivity index (χ0) is 16.3. The van der Waals surface area contributed by atoms with Crippen molar-refractivity contribution in [2.24, 2.45) is 5.41 Å². The summed E-state index contributed by atoms with van der Waals surface area (Å²) < 4.78 is 14.4. The number of nitro groups is 1. The van der Waals surface area contributed by atoms with Gasteiger partial charge in [0, 0.05) is 61.9 Å². The van der Waals surface area contributed by atoms with Gasteiger partial charge in [-0.05, 0) is 6.07 Å². The average Bonchev–Trinajstić information content (AvgIpc) is 2.50. The number of nitro benzene ring substituents is 1. The van der Waals surface area contributed by atoms with Crippen molar-refractivity contribution in [1.82, 2.24) is 10.2 Å². The van der Waals surface area contributed by atoms with Crippen LogP contribution in [-0.2, 0) is 0 Å². The second-order valence-electron chi connectivity index (χ2n) is 6.30. The van der Waals surface area contributed by atoms with E-state index in [2.05, 4.69) is 10.2 Å². The van der Waals surface area contributed by atoms with Crippen molar-refractivity contribution < 1.29 is 14.4 Å². The largest absolute Gasteiger partial charge is 0.396 e. The third-order valence-corrected chi connectivity index (χ3v) is 4.15. The normalized spacial score (nSPS) is 18.2. The van der Waals surface area contributed by atoms with E-state index in [9.17, 15) is 19.6 Å². The summed E-state index contributed by atoms with van der Waals surface area (Å²) in [4.78, 5) is 12.5. The first kappa shape index (κ1) is 16.8. The first-order valence-corrected chi connectivity index (χ1v) is 7.36. The molecule has 0 aliphatic carbocycles. The SMILES string of the molecule is CC(C)(CO)[C@H](c1cc([N+](=O)[O-])ccc1F)N1CCNCC1. The number of aliphatic hydroxyl groups is 1. The van der Waals surface area contributed by atoms with E-state index in [-0.39, 0.29) is 17.9 Å². The Morgan fingerprint density at radius 3 is 2.64 bits per heavy atom. The third-order valence-electron chi connectivity index (χ3n) is 4.15. The van der Waals surface area contributed by atoms with E-state index in [1.807, 2.05) is 13.8 Å². The predicted molar refractivity (Wildman–Crippen MR) is 81.1 cm³/mol. The highest BCUT2D eigenvalue weighted by molar-refractivity contribution is 5.37. The van der Waals surface area contributed by atoms with Gasteiger partial charge in [0.05, 0.1) is 4.92 Å². The Balaban J connectivity index is 2.48. The molecule has 1 aromatic carbocycles. The second-order valence-corrected chi connectivity index (χ2v) is 6.30. The van der Waals surface area contributed by atoms with Crippen LogP contribution in [0, 0.1) is 21.3 Å². The van der Waals surface area contributed by atoms with Crippen molar-refractivity contribution in [2.45, 2.75) is 19.9 Å². The van der Waals surface area contributed by atoms with Crippen molar-refractivity contribution >= 4 is 5.69 Å². The Bertz CT molecular complexity index is 545.